The average molecular weight is 263 g/mol. The fourth-order valence-electron chi connectivity index (χ4n) is 2.46. The topological polar surface area (TPSA) is 50.4 Å². The molecule has 2 saturated heterocycles. The van der Waals surface area contributed by atoms with Crippen LogP contribution in [0.2, 0.25) is 0 Å². The number of carbonyl (C=O) groups excluding carboxylic acids is 1. The Labute approximate surface area is 109 Å². The van der Waals surface area contributed by atoms with E-state index in [1.165, 1.54) is 12.8 Å². The first-order valence-corrected chi connectivity index (χ1v) is 6.45. The monoisotopic (exact) mass is 262 g/mol. The lowest BCUT2D eigenvalue weighted by molar-refractivity contribution is -0.128. The zero-order chi connectivity index (χ0) is 11.2. The predicted octanol–water partition coefficient (Wildman–Crippen LogP) is 1.09. The molecule has 2 atom stereocenters. The van der Waals surface area contributed by atoms with Crippen molar-refractivity contribution in [2.24, 2.45) is 5.92 Å². The van der Waals surface area contributed by atoms with Gasteiger partial charge in [0.2, 0.25) is 5.91 Å². The predicted molar refractivity (Wildman–Crippen MR) is 69.4 cm³/mol. The molecule has 2 rings (SSSR count). The van der Waals surface area contributed by atoms with Crippen molar-refractivity contribution in [3.8, 4) is 0 Å². The number of hydrogen-bond donors (Lipinski definition) is 2. The SMILES string of the molecule is Cl.O=C(NCC[C@H]1CCCN1)C1CCCOC1. The fourth-order valence-corrected chi connectivity index (χ4v) is 2.46. The van der Waals surface area contributed by atoms with E-state index in [-0.39, 0.29) is 24.2 Å². The molecule has 2 heterocycles. The largest absolute Gasteiger partial charge is 0.381 e. The molecule has 0 saturated carbocycles. The summed E-state index contributed by atoms with van der Waals surface area (Å²) in [6.07, 6.45) is 5.58. The van der Waals surface area contributed by atoms with Gasteiger partial charge in [-0.3, -0.25) is 4.79 Å². The summed E-state index contributed by atoms with van der Waals surface area (Å²) < 4.78 is 5.31. The first-order chi connectivity index (χ1) is 7.86. The molecular weight excluding hydrogens is 240 g/mol. The van der Waals surface area contributed by atoms with Crippen LogP contribution in [-0.4, -0.2) is 38.3 Å². The van der Waals surface area contributed by atoms with Crippen LogP contribution in [0.3, 0.4) is 0 Å². The quantitative estimate of drug-likeness (QED) is 0.798. The first kappa shape index (κ1) is 14.7. The molecule has 0 aromatic rings. The third kappa shape index (κ3) is 4.82. The van der Waals surface area contributed by atoms with Crippen molar-refractivity contribution in [1.29, 1.82) is 0 Å². The Balaban J connectivity index is 0.00000144. The molecule has 1 amide bonds. The molecule has 2 aliphatic heterocycles. The van der Waals surface area contributed by atoms with E-state index in [4.69, 9.17) is 4.74 Å². The number of hydrogen-bond acceptors (Lipinski definition) is 3. The van der Waals surface area contributed by atoms with Crippen LogP contribution in [0.5, 0.6) is 0 Å². The van der Waals surface area contributed by atoms with Crippen LogP contribution in [0.25, 0.3) is 0 Å². The Bertz CT molecular complexity index is 227. The number of nitrogens with one attached hydrogen (secondary N) is 2. The summed E-state index contributed by atoms with van der Waals surface area (Å²) in [7, 11) is 0. The molecule has 17 heavy (non-hydrogen) atoms. The van der Waals surface area contributed by atoms with Crippen molar-refractivity contribution >= 4 is 18.3 Å². The van der Waals surface area contributed by atoms with E-state index < -0.39 is 0 Å². The molecule has 0 aromatic heterocycles. The van der Waals surface area contributed by atoms with Gasteiger partial charge in [-0.25, -0.2) is 0 Å². The van der Waals surface area contributed by atoms with Gasteiger partial charge in [-0.15, -0.1) is 12.4 Å². The van der Waals surface area contributed by atoms with Crippen LogP contribution in [-0.2, 0) is 9.53 Å². The molecular formula is C12H23ClN2O2. The smallest absolute Gasteiger partial charge is 0.225 e. The summed E-state index contributed by atoms with van der Waals surface area (Å²) in [6.45, 7) is 3.35. The maximum atomic E-state index is 11.8. The summed E-state index contributed by atoms with van der Waals surface area (Å²) in [5.41, 5.74) is 0. The van der Waals surface area contributed by atoms with Gasteiger partial charge in [-0.05, 0) is 38.6 Å². The molecule has 5 heteroatoms. The van der Waals surface area contributed by atoms with Crippen molar-refractivity contribution in [2.45, 2.75) is 38.1 Å². The van der Waals surface area contributed by atoms with Crippen LogP contribution in [0.15, 0.2) is 0 Å². The van der Waals surface area contributed by atoms with Gasteiger partial charge in [0, 0.05) is 19.2 Å². The summed E-state index contributed by atoms with van der Waals surface area (Å²) in [4.78, 5) is 11.8. The fraction of sp³-hybridized carbons (Fsp3) is 0.917. The highest BCUT2D eigenvalue weighted by atomic mass is 35.5. The second-order valence-corrected chi connectivity index (χ2v) is 4.79. The van der Waals surface area contributed by atoms with Gasteiger partial charge in [-0.1, -0.05) is 0 Å². The second-order valence-electron chi connectivity index (χ2n) is 4.79. The van der Waals surface area contributed by atoms with Crippen molar-refractivity contribution in [3.05, 3.63) is 0 Å². The molecule has 0 aliphatic carbocycles. The van der Waals surface area contributed by atoms with E-state index in [1.54, 1.807) is 0 Å². The zero-order valence-electron chi connectivity index (χ0n) is 10.2. The van der Waals surface area contributed by atoms with E-state index >= 15 is 0 Å². The lowest BCUT2D eigenvalue weighted by Gasteiger charge is -2.21. The van der Waals surface area contributed by atoms with Gasteiger partial charge < -0.3 is 15.4 Å². The van der Waals surface area contributed by atoms with Crippen LogP contribution in [0, 0.1) is 5.92 Å². The average Bonchev–Trinajstić information content (AvgIpc) is 2.83. The zero-order valence-corrected chi connectivity index (χ0v) is 11.1. The number of carbonyl (C=O) groups is 1. The normalized spacial score (nSPS) is 28.5. The Morgan fingerprint density at radius 2 is 2.24 bits per heavy atom. The van der Waals surface area contributed by atoms with Gasteiger partial charge in [0.15, 0.2) is 0 Å². The Hall–Kier alpha value is -0.320. The highest BCUT2D eigenvalue weighted by Crippen LogP contribution is 2.13. The third-order valence-corrected chi connectivity index (χ3v) is 3.49. The van der Waals surface area contributed by atoms with E-state index in [9.17, 15) is 4.79 Å². The van der Waals surface area contributed by atoms with E-state index in [0.717, 1.165) is 39.0 Å². The number of halogens is 1. The standard InChI is InChI=1S/C12H22N2O2.ClH/c15-12(10-3-2-8-16-9-10)14-7-5-11-4-1-6-13-11;/h10-11,13H,1-9H2,(H,14,15);1H/t10?,11-;/m1./s1. The summed E-state index contributed by atoms with van der Waals surface area (Å²) in [6, 6.07) is 0.614. The maximum Gasteiger partial charge on any atom is 0.225 e. The highest BCUT2D eigenvalue weighted by Gasteiger charge is 2.21. The molecule has 2 N–H and O–H groups in total. The van der Waals surface area contributed by atoms with E-state index in [1.807, 2.05) is 0 Å². The minimum absolute atomic E-state index is 0. The van der Waals surface area contributed by atoms with Crippen LogP contribution < -0.4 is 10.6 Å². The van der Waals surface area contributed by atoms with Crippen molar-refractivity contribution in [1.82, 2.24) is 10.6 Å². The third-order valence-electron chi connectivity index (χ3n) is 3.49. The van der Waals surface area contributed by atoms with Crippen LogP contribution in [0.4, 0.5) is 0 Å². The van der Waals surface area contributed by atoms with Gasteiger partial charge in [0.1, 0.15) is 0 Å². The Morgan fingerprint density at radius 3 is 2.88 bits per heavy atom. The van der Waals surface area contributed by atoms with Crippen molar-refractivity contribution in [3.63, 3.8) is 0 Å². The van der Waals surface area contributed by atoms with Gasteiger partial charge >= 0.3 is 0 Å². The van der Waals surface area contributed by atoms with Crippen LogP contribution in [0.1, 0.15) is 32.1 Å². The van der Waals surface area contributed by atoms with Gasteiger partial charge in [0.25, 0.3) is 0 Å². The molecule has 2 aliphatic rings. The number of rotatable bonds is 4. The van der Waals surface area contributed by atoms with Crippen molar-refractivity contribution < 1.29 is 9.53 Å². The lowest BCUT2D eigenvalue weighted by Crippen LogP contribution is -2.37. The second kappa shape index (κ2) is 7.90. The summed E-state index contributed by atoms with van der Waals surface area (Å²) in [5.74, 6) is 0.267. The molecule has 2 fully saturated rings. The summed E-state index contributed by atoms with van der Waals surface area (Å²) >= 11 is 0. The molecule has 1 unspecified atom stereocenters. The minimum atomic E-state index is 0. The van der Waals surface area contributed by atoms with Crippen LogP contribution >= 0.6 is 12.4 Å². The van der Waals surface area contributed by atoms with E-state index in [2.05, 4.69) is 10.6 Å². The molecule has 100 valence electrons. The first-order valence-electron chi connectivity index (χ1n) is 6.45. The number of ether oxygens (including phenoxy) is 1. The molecule has 4 nitrogen and oxygen atoms in total. The van der Waals surface area contributed by atoms with Gasteiger partial charge in [-0.2, -0.15) is 0 Å². The van der Waals surface area contributed by atoms with Crippen molar-refractivity contribution in [2.75, 3.05) is 26.3 Å². The maximum absolute atomic E-state index is 11.8. The van der Waals surface area contributed by atoms with E-state index in [0.29, 0.717) is 12.6 Å². The Morgan fingerprint density at radius 1 is 1.35 bits per heavy atom. The lowest BCUT2D eigenvalue weighted by atomic mass is 10.0. The molecule has 0 aromatic carbocycles. The molecule has 0 bridgehead atoms. The highest BCUT2D eigenvalue weighted by molar-refractivity contribution is 5.85. The molecule has 0 radical (unpaired) electrons. The molecule has 0 spiro atoms. The Kier molecular flexibility index (Phi) is 6.85. The minimum Gasteiger partial charge on any atom is -0.381 e. The van der Waals surface area contributed by atoms with Gasteiger partial charge in [0.05, 0.1) is 12.5 Å². The summed E-state index contributed by atoms with van der Waals surface area (Å²) in [5, 5.41) is 6.45. The number of amides is 1.